The Balaban J connectivity index is 0.901. The van der Waals surface area contributed by atoms with Crippen LogP contribution in [0.4, 0.5) is 11.4 Å². The molecule has 0 bridgehead atoms. The van der Waals surface area contributed by atoms with Crippen molar-refractivity contribution in [1.82, 2.24) is 20.2 Å². The van der Waals surface area contributed by atoms with Crippen molar-refractivity contribution >= 4 is 57.8 Å². The van der Waals surface area contributed by atoms with Gasteiger partial charge in [0.15, 0.2) is 0 Å². The fourth-order valence-corrected chi connectivity index (χ4v) is 7.06. The fraction of sp³-hybridized carbons (Fsp3) is 0.417. The second-order valence-electron chi connectivity index (χ2n) is 13.5. The maximum Gasteiger partial charge on any atom is 0.262 e. The van der Waals surface area contributed by atoms with Crippen LogP contribution in [-0.4, -0.2) is 89.6 Å². The lowest BCUT2D eigenvalue weighted by atomic mass is 9.80. The Morgan fingerprint density at radius 3 is 2.57 bits per heavy atom. The molecule has 4 fully saturated rings. The highest BCUT2D eigenvalue weighted by Crippen LogP contribution is 2.38. The number of piperidine rings is 1. The number of hydrogen-bond acceptors (Lipinski definition) is 11. The number of morpholine rings is 1. The predicted molar refractivity (Wildman–Crippen MR) is 183 cm³/mol. The van der Waals surface area contributed by atoms with Crippen LogP contribution in [0, 0.1) is 11.8 Å². The molecule has 2 aromatic carbocycles. The van der Waals surface area contributed by atoms with Gasteiger partial charge in [0.25, 0.3) is 11.8 Å². The van der Waals surface area contributed by atoms with E-state index in [4.69, 9.17) is 25.4 Å². The van der Waals surface area contributed by atoms with E-state index in [0.717, 1.165) is 83.0 Å². The highest BCUT2D eigenvalue weighted by Gasteiger charge is 2.44. The Labute approximate surface area is 283 Å². The van der Waals surface area contributed by atoms with Gasteiger partial charge in [0.05, 0.1) is 53.3 Å². The Morgan fingerprint density at radius 2 is 1.80 bits per heavy atom. The van der Waals surface area contributed by atoms with E-state index in [0.29, 0.717) is 31.6 Å². The first-order chi connectivity index (χ1) is 23.8. The first-order valence-corrected chi connectivity index (χ1v) is 17.0. The van der Waals surface area contributed by atoms with E-state index in [1.54, 1.807) is 24.4 Å². The average molecular weight is 663 g/mol. The van der Waals surface area contributed by atoms with Crippen molar-refractivity contribution in [2.24, 2.45) is 22.6 Å². The standard InChI is InChI=1S/C36H38N8O5/c37-33(21-1-2-21)27(30-19-40-28-6-4-24(16-29(28)41-30)43-9-11-49-12-10-43)18-39-23-13-20(14-23)17-38-22-3-5-25-26(15-22)36(48)44(35(25)47)31-7-8-32(45)42-34(31)46/h3-6,15-16,18-21,23,31,38H,1-2,7-14,17,37H2,(H,42,45,46). The lowest BCUT2D eigenvalue weighted by Gasteiger charge is -2.33. The highest BCUT2D eigenvalue weighted by atomic mass is 16.5. The van der Waals surface area contributed by atoms with Crippen LogP contribution in [0.5, 0.6) is 0 Å². The van der Waals surface area contributed by atoms with Crippen LogP contribution in [0.15, 0.2) is 53.3 Å². The Kier molecular flexibility index (Phi) is 8.06. The number of nitrogens with two attached hydrogens (primary N) is 1. The molecule has 2 saturated carbocycles. The SMILES string of the molecule is NC(=C(C=NC1CC(CNc2ccc3c(c2)C(=O)N(C2CCC(=O)NC2=O)C3=O)C1)c1cnc2ccc(N3CCOCC3)cc2n1)C1CC1. The van der Waals surface area contributed by atoms with Crippen molar-refractivity contribution in [2.75, 3.05) is 43.1 Å². The lowest BCUT2D eigenvalue weighted by Crippen LogP contribution is -2.54. The van der Waals surface area contributed by atoms with Gasteiger partial charge in [-0.15, -0.1) is 0 Å². The molecule has 0 radical (unpaired) electrons. The molecule has 1 unspecified atom stereocenters. The maximum atomic E-state index is 13.2. The molecule has 4 heterocycles. The first kappa shape index (κ1) is 31.1. The van der Waals surface area contributed by atoms with E-state index in [-0.39, 0.29) is 30.0 Å². The molecule has 4 amide bonds. The van der Waals surface area contributed by atoms with Gasteiger partial charge in [-0.2, -0.15) is 0 Å². The maximum absolute atomic E-state index is 13.2. The number of rotatable bonds is 9. The van der Waals surface area contributed by atoms with Gasteiger partial charge in [0.1, 0.15) is 6.04 Å². The topological polar surface area (TPSA) is 172 Å². The summed E-state index contributed by atoms with van der Waals surface area (Å²) in [5.41, 5.74) is 13.1. The molecule has 3 aromatic rings. The summed E-state index contributed by atoms with van der Waals surface area (Å²) in [4.78, 5) is 68.0. The fourth-order valence-electron chi connectivity index (χ4n) is 7.06. The van der Waals surface area contributed by atoms with Crippen LogP contribution >= 0.6 is 0 Å². The van der Waals surface area contributed by atoms with Crippen LogP contribution in [0.25, 0.3) is 16.6 Å². The van der Waals surface area contributed by atoms with Gasteiger partial charge in [-0.25, -0.2) is 4.98 Å². The van der Waals surface area contributed by atoms with Gasteiger partial charge in [-0.1, -0.05) is 0 Å². The molecule has 13 heteroatoms. The number of amides is 4. The van der Waals surface area contributed by atoms with E-state index < -0.39 is 29.7 Å². The van der Waals surface area contributed by atoms with Crippen molar-refractivity contribution in [1.29, 1.82) is 0 Å². The zero-order valence-corrected chi connectivity index (χ0v) is 27.1. The number of ether oxygens (including phenoxy) is 1. The summed E-state index contributed by atoms with van der Waals surface area (Å²) >= 11 is 0. The van der Waals surface area contributed by atoms with Crippen LogP contribution in [-0.2, 0) is 14.3 Å². The molecule has 2 aliphatic carbocycles. The van der Waals surface area contributed by atoms with Gasteiger partial charge < -0.3 is 20.7 Å². The van der Waals surface area contributed by atoms with Crippen LogP contribution in [0.3, 0.4) is 0 Å². The van der Waals surface area contributed by atoms with Crippen molar-refractivity contribution in [3.8, 4) is 0 Å². The molecule has 13 nitrogen and oxygen atoms in total. The minimum Gasteiger partial charge on any atom is -0.401 e. The summed E-state index contributed by atoms with van der Waals surface area (Å²) in [6.07, 6.45) is 7.84. The summed E-state index contributed by atoms with van der Waals surface area (Å²) in [5.74, 6) is -1.30. The normalized spacial score (nSPS) is 24.6. The van der Waals surface area contributed by atoms with Crippen LogP contribution in [0.2, 0.25) is 0 Å². The molecule has 2 saturated heterocycles. The van der Waals surface area contributed by atoms with Gasteiger partial charge in [0, 0.05) is 54.9 Å². The number of fused-ring (bicyclic) bond motifs is 2. The number of benzene rings is 2. The minimum atomic E-state index is -0.981. The van der Waals surface area contributed by atoms with Gasteiger partial charge in [0.2, 0.25) is 11.8 Å². The summed E-state index contributed by atoms with van der Waals surface area (Å²) < 4.78 is 5.51. The summed E-state index contributed by atoms with van der Waals surface area (Å²) in [6.45, 7) is 3.82. The number of aliphatic imine (C=N–C) groups is 1. The van der Waals surface area contributed by atoms with Crippen molar-refractivity contribution in [3.63, 3.8) is 0 Å². The second-order valence-corrected chi connectivity index (χ2v) is 13.5. The third-order valence-corrected chi connectivity index (χ3v) is 10.2. The van der Waals surface area contributed by atoms with E-state index in [2.05, 4.69) is 27.7 Å². The van der Waals surface area contributed by atoms with Gasteiger partial charge in [-0.05, 0) is 80.3 Å². The third-order valence-electron chi connectivity index (χ3n) is 10.2. The molecular formula is C36H38N8O5. The van der Waals surface area contributed by atoms with E-state index in [9.17, 15) is 19.2 Å². The average Bonchev–Trinajstić information content (AvgIpc) is 3.92. The molecule has 4 N–H and O–H groups in total. The smallest absolute Gasteiger partial charge is 0.262 e. The molecule has 8 rings (SSSR count). The molecular weight excluding hydrogens is 624 g/mol. The second kappa shape index (κ2) is 12.7. The van der Waals surface area contributed by atoms with Gasteiger partial charge >= 0.3 is 0 Å². The van der Waals surface area contributed by atoms with Crippen LogP contribution < -0.4 is 21.3 Å². The first-order valence-electron chi connectivity index (χ1n) is 17.0. The zero-order chi connectivity index (χ0) is 33.6. The third kappa shape index (κ3) is 6.14. The Bertz CT molecular complexity index is 1930. The van der Waals surface area contributed by atoms with E-state index >= 15 is 0 Å². The Hall–Kier alpha value is -5.17. The quantitative estimate of drug-likeness (QED) is 0.229. The molecule has 3 aliphatic heterocycles. The van der Waals surface area contributed by atoms with Gasteiger partial charge in [-0.3, -0.25) is 39.4 Å². The largest absolute Gasteiger partial charge is 0.401 e. The minimum absolute atomic E-state index is 0.0859. The molecule has 5 aliphatic rings. The number of nitrogens with one attached hydrogen (secondary N) is 2. The lowest BCUT2D eigenvalue weighted by molar-refractivity contribution is -0.136. The van der Waals surface area contributed by atoms with Crippen molar-refractivity contribution in [2.45, 2.75) is 50.6 Å². The number of imide groups is 2. The number of aromatic nitrogens is 2. The molecule has 1 atom stereocenters. The highest BCUT2D eigenvalue weighted by molar-refractivity contribution is 6.23. The number of nitrogens with zero attached hydrogens (tertiary/aromatic N) is 5. The summed E-state index contributed by atoms with van der Waals surface area (Å²) in [5, 5.41) is 5.63. The molecule has 0 spiro atoms. The van der Waals surface area contributed by atoms with Crippen molar-refractivity contribution < 1.29 is 23.9 Å². The number of hydrogen-bond donors (Lipinski definition) is 3. The summed E-state index contributed by atoms with van der Waals surface area (Å²) in [7, 11) is 0. The van der Waals surface area contributed by atoms with E-state index in [1.165, 1.54) is 0 Å². The number of carbonyl (C=O) groups is 4. The number of allylic oxidation sites excluding steroid dienone is 2. The molecule has 252 valence electrons. The Morgan fingerprint density at radius 1 is 1.00 bits per heavy atom. The number of carbonyl (C=O) groups excluding carboxylic acids is 4. The number of anilines is 2. The van der Waals surface area contributed by atoms with E-state index in [1.807, 2.05) is 12.3 Å². The zero-order valence-electron chi connectivity index (χ0n) is 27.1. The molecule has 1 aromatic heterocycles. The van der Waals surface area contributed by atoms with Crippen molar-refractivity contribution in [3.05, 3.63) is 65.1 Å². The predicted octanol–water partition coefficient (Wildman–Crippen LogP) is 2.91. The summed E-state index contributed by atoms with van der Waals surface area (Å²) in [6, 6.07) is 10.4. The monoisotopic (exact) mass is 662 g/mol. The molecule has 49 heavy (non-hydrogen) atoms. The van der Waals surface area contributed by atoms with Crippen LogP contribution in [0.1, 0.15) is 64.9 Å².